The number of hydrogen-bond acceptors (Lipinski definition) is 12. The zero-order chi connectivity index (χ0) is 32.5. The van der Waals surface area contributed by atoms with Gasteiger partial charge < -0.3 is 48.3 Å². The van der Waals surface area contributed by atoms with Gasteiger partial charge in [-0.25, -0.2) is 0 Å². The van der Waals surface area contributed by atoms with Crippen molar-refractivity contribution in [3.05, 3.63) is 12.2 Å². The lowest BCUT2D eigenvalue weighted by atomic mass is 9.85. The Morgan fingerprint density at radius 2 is 0.955 bits per heavy atom. The highest BCUT2D eigenvalue weighted by molar-refractivity contribution is 6.15. The topological polar surface area (TPSA) is 178 Å². The summed E-state index contributed by atoms with van der Waals surface area (Å²) in [6.45, 7) is 11.9. The minimum atomic E-state index is -0.916. The Morgan fingerprint density at radius 3 is 1.27 bits per heavy atom. The fraction of sp³-hybridized carbons (Fsp3) is 0.793. The Labute approximate surface area is 259 Å². The van der Waals surface area contributed by atoms with Gasteiger partial charge in [0.1, 0.15) is 6.04 Å². The smallest absolute Gasteiger partial charge is 0.305 e. The van der Waals surface area contributed by atoms with Gasteiger partial charge in [-0.1, -0.05) is 20.8 Å². The Morgan fingerprint density at radius 1 is 0.636 bits per heavy atom. The minimum absolute atomic E-state index is 0.0140. The summed E-state index contributed by atoms with van der Waals surface area (Å²) in [5.74, 6) is -2.27. The van der Waals surface area contributed by atoms with Crippen molar-refractivity contribution in [2.24, 2.45) is 5.41 Å². The maximum atomic E-state index is 12.7. The van der Waals surface area contributed by atoms with Crippen LogP contribution >= 0.6 is 0 Å². The lowest BCUT2D eigenvalue weighted by Crippen LogP contribution is -2.56. The number of hydrogen-bond donors (Lipinski definition) is 2. The number of ether oxygens (including phenoxy) is 8. The molecule has 0 saturated heterocycles. The van der Waals surface area contributed by atoms with E-state index in [0.29, 0.717) is 92.5 Å². The molecule has 0 fully saturated rings. The molecule has 1 aliphatic heterocycles. The third kappa shape index (κ3) is 19.7. The Kier molecular flexibility index (Phi) is 22.3. The number of aliphatic carboxylic acids is 1. The zero-order valence-corrected chi connectivity index (χ0v) is 26.3. The number of nitrogens with one attached hydrogen (secondary N) is 1. The van der Waals surface area contributed by atoms with Gasteiger partial charge in [-0.15, -0.1) is 0 Å². The van der Waals surface area contributed by atoms with Crippen molar-refractivity contribution in [3.8, 4) is 0 Å². The fourth-order valence-corrected chi connectivity index (χ4v) is 3.71. The van der Waals surface area contributed by atoms with Crippen LogP contribution in [0.25, 0.3) is 0 Å². The Bertz CT molecular complexity index is 830. The van der Waals surface area contributed by atoms with E-state index in [-0.39, 0.29) is 26.2 Å². The molecule has 3 amide bonds. The van der Waals surface area contributed by atoms with Crippen molar-refractivity contribution in [3.63, 3.8) is 0 Å². The van der Waals surface area contributed by atoms with Crippen LogP contribution in [0.1, 0.15) is 27.2 Å². The number of carbonyl (C=O) groups excluding carboxylic acids is 3. The Balaban J connectivity index is 1.82. The maximum absolute atomic E-state index is 12.7. The molecule has 0 aromatic heterocycles. The molecule has 1 aliphatic rings. The highest BCUT2D eigenvalue weighted by Gasteiger charge is 2.42. The second-order valence-corrected chi connectivity index (χ2v) is 10.5. The molecule has 2 N–H and O–H groups in total. The van der Waals surface area contributed by atoms with E-state index in [2.05, 4.69) is 5.32 Å². The first-order valence-electron chi connectivity index (χ1n) is 14.8. The van der Waals surface area contributed by atoms with Crippen molar-refractivity contribution in [2.45, 2.75) is 33.2 Å². The largest absolute Gasteiger partial charge is 0.481 e. The van der Waals surface area contributed by atoms with Gasteiger partial charge in [-0.05, 0) is 5.41 Å². The molecule has 1 atom stereocenters. The lowest BCUT2D eigenvalue weighted by molar-refractivity contribution is -0.149. The van der Waals surface area contributed by atoms with E-state index in [1.807, 2.05) is 0 Å². The second kappa shape index (κ2) is 24.8. The first-order valence-corrected chi connectivity index (χ1v) is 14.8. The van der Waals surface area contributed by atoms with E-state index in [1.165, 1.54) is 12.2 Å². The first kappa shape index (κ1) is 39.5. The van der Waals surface area contributed by atoms with Gasteiger partial charge in [-0.2, -0.15) is 0 Å². The second-order valence-electron chi connectivity index (χ2n) is 10.5. The third-order valence-corrected chi connectivity index (χ3v) is 5.78. The van der Waals surface area contributed by atoms with Gasteiger partial charge in [0.2, 0.25) is 5.91 Å². The SMILES string of the molecule is CC(C)(C)C(C(=O)NCCOCCOCCOCCOCCOCCOCCOCCOCCC(=O)O)N1C(=O)C=CC1=O. The lowest BCUT2D eigenvalue weighted by Gasteiger charge is -2.35. The Hall–Kier alpha value is -2.50. The van der Waals surface area contributed by atoms with Gasteiger partial charge in [0.15, 0.2) is 0 Å². The summed E-state index contributed by atoms with van der Waals surface area (Å²) in [4.78, 5) is 48.1. The normalized spacial score (nSPS) is 14.0. The molecule has 0 spiro atoms. The van der Waals surface area contributed by atoms with Crippen LogP contribution in [0.3, 0.4) is 0 Å². The zero-order valence-electron chi connectivity index (χ0n) is 26.3. The van der Waals surface area contributed by atoms with Crippen LogP contribution in [0.15, 0.2) is 12.2 Å². The van der Waals surface area contributed by atoms with E-state index in [4.69, 9.17) is 43.0 Å². The van der Waals surface area contributed by atoms with Gasteiger partial charge in [0.25, 0.3) is 11.8 Å². The van der Waals surface area contributed by atoms with Gasteiger partial charge >= 0.3 is 5.97 Å². The number of nitrogens with zero attached hydrogens (tertiary/aromatic N) is 1. The molecule has 1 unspecified atom stereocenters. The maximum Gasteiger partial charge on any atom is 0.305 e. The van der Waals surface area contributed by atoms with E-state index in [9.17, 15) is 19.2 Å². The molecule has 254 valence electrons. The summed E-state index contributed by atoms with van der Waals surface area (Å²) in [7, 11) is 0. The molecule has 1 heterocycles. The van der Waals surface area contributed by atoms with E-state index >= 15 is 0 Å². The number of amides is 3. The highest BCUT2D eigenvalue weighted by atomic mass is 16.6. The molecule has 0 radical (unpaired) electrons. The van der Waals surface area contributed by atoms with Crippen molar-refractivity contribution >= 4 is 23.7 Å². The molecule has 0 aromatic rings. The van der Waals surface area contributed by atoms with Crippen LogP contribution < -0.4 is 5.32 Å². The van der Waals surface area contributed by atoms with Crippen molar-refractivity contribution in [2.75, 3.05) is 112 Å². The van der Waals surface area contributed by atoms with Crippen molar-refractivity contribution in [1.29, 1.82) is 0 Å². The number of carbonyl (C=O) groups is 4. The molecule has 0 aliphatic carbocycles. The summed E-state index contributed by atoms with van der Waals surface area (Å²) in [5.41, 5.74) is -0.626. The average Bonchev–Trinajstić information content (AvgIpc) is 3.28. The van der Waals surface area contributed by atoms with Gasteiger partial charge in [0, 0.05) is 18.7 Å². The number of rotatable bonds is 29. The summed E-state index contributed by atoms with van der Waals surface area (Å²) in [5, 5.41) is 11.2. The van der Waals surface area contributed by atoms with E-state index in [1.54, 1.807) is 20.8 Å². The number of carboxylic acid groups (broad SMARTS) is 1. The van der Waals surface area contributed by atoms with Crippen LogP contribution in [0, 0.1) is 5.41 Å². The molecule has 1 rings (SSSR count). The summed E-state index contributed by atoms with van der Waals surface area (Å²) >= 11 is 0. The van der Waals surface area contributed by atoms with Crippen LogP contribution in [0.2, 0.25) is 0 Å². The monoisotopic (exact) mass is 634 g/mol. The molecular weight excluding hydrogens is 584 g/mol. The van der Waals surface area contributed by atoms with Crippen LogP contribution in [0.5, 0.6) is 0 Å². The highest BCUT2D eigenvalue weighted by Crippen LogP contribution is 2.27. The van der Waals surface area contributed by atoms with Crippen LogP contribution in [0.4, 0.5) is 0 Å². The molecular formula is C29H50N2O13. The summed E-state index contributed by atoms with van der Waals surface area (Å²) in [6.07, 6.45) is 2.33. The summed E-state index contributed by atoms with van der Waals surface area (Å²) in [6, 6.07) is -0.916. The fourth-order valence-electron chi connectivity index (χ4n) is 3.71. The van der Waals surface area contributed by atoms with Crippen LogP contribution in [-0.2, 0) is 57.1 Å². The predicted molar refractivity (Wildman–Crippen MR) is 156 cm³/mol. The molecule has 0 saturated carbocycles. The van der Waals surface area contributed by atoms with E-state index in [0.717, 1.165) is 4.90 Å². The first-order chi connectivity index (χ1) is 21.1. The third-order valence-electron chi connectivity index (χ3n) is 5.78. The number of imide groups is 1. The molecule has 0 aromatic carbocycles. The minimum Gasteiger partial charge on any atom is -0.481 e. The van der Waals surface area contributed by atoms with Crippen LogP contribution in [-0.4, -0.2) is 152 Å². The number of carboxylic acids is 1. The summed E-state index contributed by atoms with van der Waals surface area (Å²) < 4.78 is 43.0. The average molecular weight is 635 g/mol. The molecule has 15 heteroatoms. The van der Waals surface area contributed by atoms with Crippen molar-refractivity contribution < 1.29 is 62.2 Å². The molecule has 44 heavy (non-hydrogen) atoms. The van der Waals surface area contributed by atoms with E-state index < -0.39 is 35.1 Å². The predicted octanol–water partition coefficient (Wildman–Crippen LogP) is 0.0498. The van der Waals surface area contributed by atoms with Gasteiger partial charge in [0.05, 0.1) is 112 Å². The molecule has 0 bridgehead atoms. The van der Waals surface area contributed by atoms with Crippen molar-refractivity contribution in [1.82, 2.24) is 10.2 Å². The standard InChI is InChI=1S/C29H50N2O13/c1-29(2,3)27(31-24(32)4-5-25(31)33)28(36)30-7-9-38-11-13-40-15-17-42-19-21-44-23-22-43-20-18-41-16-14-39-12-10-37-8-6-26(34)35/h4-5,27H,6-23H2,1-3H3,(H,30,36)(H,34,35). The van der Waals surface area contributed by atoms with Gasteiger partial charge in [-0.3, -0.25) is 24.1 Å². The molecule has 15 nitrogen and oxygen atoms in total. The quantitative estimate of drug-likeness (QED) is 0.0834.